The Kier molecular flexibility index (Phi) is 1.78. The average Bonchev–Trinajstić information content (AvgIpc) is 2.84. The molecule has 0 spiro atoms. The van der Waals surface area contributed by atoms with Crippen molar-refractivity contribution in [3.8, 4) is 11.1 Å². The van der Waals surface area contributed by atoms with Crippen LogP contribution in [-0.2, 0) is 0 Å². The van der Waals surface area contributed by atoms with Crippen LogP contribution in [0.3, 0.4) is 0 Å². The van der Waals surface area contributed by atoms with Crippen LogP contribution in [0.4, 0.5) is 0 Å². The molecule has 0 heteroatoms. The van der Waals surface area contributed by atoms with Crippen molar-refractivity contribution >= 4 is 32.3 Å². The molecule has 0 amide bonds. The van der Waals surface area contributed by atoms with Crippen LogP contribution < -0.4 is 0 Å². The van der Waals surface area contributed by atoms with E-state index in [0.29, 0.717) is 0 Å². The normalized spacial score (nSPS) is 12.0. The predicted octanol–water partition coefficient (Wildman–Crippen LogP) is 5.69. The Morgan fingerprint density at radius 2 is 0.850 bits per heavy atom. The van der Waals surface area contributed by atoms with Gasteiger partial charge in [-0.3, -0.25) is 0 Å². The lowest BCUT2D eigenvalue weighted by molar-refractivity contribution is 1.82. The molecule has 20 heavy (non-hydrogen) atoms. The zero-order valence-electron chi connectivity index (χ0n) is 10.9. The fourth-order valence-corrected chi connectivity index (χ4v) is 3.42. The van der Waals surface area contributed by atoms with Gasteiger partial charge in [-0.15, -0.1) is 0 Å². The minimum Gasteiger partial charge on any atom is -0.0610 e. The molecule has 2 aliphatic rings. The largest absolute Gasteiger partial charge is 0.0610 e. The van der Waals surface area contributed by atoms with Gasteiger partial charge in [0.05, 0.1) is 0 Å². The van der Waals surface area contributed by atoms with E-state index < -0.39 is 0 Å². The summed E-state index contributed by atoms with van der Waals surface area (Å²) in [5.74, 6) is 0. The lowest BCUT2D eigenvalue weighted by atomic mass is 9.96. The van der Waals surface area contributed by atoms with Crippen LogP contribution in [0.25, 0.3) is 43.4 Å². The molecule has 2 aliphatic carbocycles. The molecule has 5 rings (SSSR count). The first-order valence-corrected chi connectivity index (χ1v) is 6.96. The van der Waals surface area contributed by atoms with E-state index in [0.717, 1.165) is 0 Å². The molecular formula is C20H12. The number of benzene rings is 3. The molecule has 0 saturated carbocycles. The Bertz CT molecular complexity index is 962. The Labute approximate surface area is 116 Å². The molecule has 0 bridgehead atoms. The van der Waals surface area contributed by atoms with Crippen LogP contribution in [0, 0.1) is 0 Å². The highest BCUT2D eigenvalue weighted by Crippen LogP contribution is 2.37. The Hall–Kier alpha value is -2.60. The van der Waals surface area contributed by atoms with Gasteiger partial charge in [-0.2, -0.15) is 0 Å². The summed E-state index contributed by atoms with van der Waals surface area (Å²) < 4.78 is 0. The van der Waals surface area contributed by atoms with Gasteiger partial charge in [0, 0.05) is 0 Å². The number of hydrogen-bond donors (Lipinski definition) is 0. The summed E-state index contributed by atoms with van der Waals surface area (Å²) in [5, 5.41) is 8.07. The zero-order valence-corrected chi connectivity index (χ0v) is 10.9. The van der Waals surface area contributed by atoms with Crippen molar-refractivity contribution < 1.29 is 0 Å². The highest BCUT2D eigenvalue weighted by atomic mass is 14.1. The fraction of sp³-hybridized carbons (Fsp3) is 0. The van der Waals surface area contributed by atoms with E-state index in [1.807, 2.05) is 0 Å². The molecule has 0 N–H and O–H groups in total. The first-order chi connectivity index (χ1) is 9.90. The molecule has 3 aromatic carbocycles. The van der Waals surface area contributed by atoms with Crippen molar-refractivity contribution in [3.63, 3.8) is 0 Å². The molecule has 0 fully saturated rings. The minimum atomic E-state index is 1.31. The van der Waals surface area contributed by atoms with Gasteiger partial charge in [-0.25, -0.2) is 0 Å². The molecule has 0 saturated heterocycles. The Balaban J connectivity index is 2.19. The van der Waals surface area contributed by atoms with Crippen molar-refractivity contribution in [2.75, 3.05) is 0 Å². The third-order valence-corrected chi connectivity index (χ3v) is 4.35. The maximum atomic E-state index is 2.31. The standard InChI is InChI=1S/C20H12/c1-3-13-7-9-17-11-15-5-2-6-16(15)12-18-10-8-14(4-1)19(13)20(17)18/h1-12H. The summed E-state index contributed by atoms with van der Waals surface area (Å²) in [7, 11) is 0. The Morgan fingerprint density at radius 3 is 1.45 bits per heavy atom. The molecule has 0 aromatic heterocycles. The summed E-state index contributed by atoms with van der Waals surface area (Å²) >= 11 is 0. The van der Waals surface area contributed by atoms with Crippen molar-refractivity contribution in [1.82, 2.24) is 0 Å². The van der Waals surface area contributed by atoms with Crippen molar-refractivity contribution in [1.29, 1.82) is 0 Å². The third kappa shape index (κ3) is 1.21. The fourth-order valence-electron chi connectivity index (χ4n) is 3.42. The van der Waals surface area contributed by atoms with Gasteiger partial charge < -0.3 is 0 Å². The second-order valence-electron chi connectivity index (χ2n) is 5.49. The summed E-state index contributed by atoms with van der Waals surface area (Å²) in [6, 6.07) is 26.6. The van der Waals surface area contributed by atoms with Gasteiger partial charge in [0.1, 0.15) is 0 Å². The van der Waals surface area contributed by atoms with Crippen LogP contribution in [0.5, 0.6) is 0 Å². The van der Waals surface area contributed by atoms with Crippen LogP contribution in [-0.4, -0.2) is 0 Å². The first kappa shape index (κ1) is 10.2. The molecule has 0 nitrogen and oxygen atoms in total. The predicted molar refractivity (Wildman–Crippen MR) is 86.8 cm³/mol. The number of hydrogen-bond acceptors (Lipinski definition) is 0. The van der Waals surface area contributed by atoms with Crippen molar-refractivity contribution in [2.24, 2.45) is 0 Å². The highest BCUT2D eigenvalue weighted by molar-refractivity contribution is 6.23. The maximum Gasteiger partial charge on any atom is -0.00264 e. The Morgan fingerprint density at radius 1 is 0.400 bits per heavy atom. The molecule has 0 atom stereocenters. The highest BCUT2D eigenvalue weighted by Gasteiger charge is 2.09. The molecule has 0 unspecified atom stereocenters. The van der Waals surface area contributed by atoms with Crippen LogP contribution in [0.15, 0.2) is 72.8 Å². The van der Waals surface area contributed by atoms with E-state index in [1.54, 1.807) is 0 Å². The van der Waals surface area contributed by atoms with Crippen molar-refractivity contribution in [3.05, 3.63) is 72.8 Å². The van der Waals surface area contributed by atoms with E-state index in [2.05, 4.69) is 72.8 Å². The van der Waals surface area contributed by atoms with E-state index in [-0.39, 0.29) is 0 Å². The SMILES string of the molecule is c1cc2cc3ccc4cccc5ccc(cc-2c1)c3c45. The summed E-state index contributed by atoms with van der Waals surface area (Å²) in [6.07, 6.45) is 0. The van der Waals surface area contributed by atoms with Crippen LogP contribution in [0.2, 0.25) is 0 Å². The third-order valence-electron chi connectivity index (χ3n) is 4.35. The zero-order chi connectivity index (χ0) is 13.1. The van der Waals surface area contributed by atoms with Gasteiger partial charge in [0.25, 0.3) is 0 Å². The molecular weight excluding hydrogens is 240 g/mol. The van der Waals surface area contributed by atoms with Crippen LogP contribution in [0.1, 0.15) is 0 Å². The number of rotatable bonds is 0. The van der Waals surface area contributed by atoms with Gasteiger partial charge in [-0.1, -0.05) is 60.7 Å². The summed E-state index contributed by atoms with van der Waals surface area (Å²) in [6.45, 7) is 0. The van der Waals surface area contributed by atoms with Gasteiger partial charge in [0.2, 0.25) is 0 Å². The lowest BCUT2D eigenvalue weighted by Gasteiger charge is -2.07. The molecule has 0 aliphatic heterocycles. The molecule has 0 heterocycles. The van der Waals surface area contributed by atoms with Gasteiger partial charge >= 0.3 is 0 Å². The second kappa shape index (κ2) is 3.49. The lowest BCUT2D eigenvalue weighted by Crippen LogP contribution is -1.80. The minimum absolute atomic E-state index is 1.31. The number of fused-ring (bicyclic) bond motifs is 1. The van der Waals surface area contributed by atoms with Crippen molar-refractivity contribution in [2.45, 2.75) is 0 Å². The smallest absolute Gasteiger partial charge is 0.00264 e. The summed E-state index contributed by atoms with van der Waals surface area (Å²) in [5.41, 5.74) is 2.63. The quantitative estimate of drug-likeness (QED) is 0.332. The molecule has 0 radical (unpaired) electrons. The second-order valence-corrected chi connectivity index (χ2v) is 5.49. The molecule has 3 aromatic rings. The molecule has 92 valence electrons. The van der Waals surface area contributed by atoms with E-state index >= 15 is 0 Å². The topological polar surface area (TPSA) is 0 Å². The van der Waals surface area contributed by atoms with Gasteiger partial charge in [0.15, 0.2) is 0 Å². The monoisotopic (exact) mass is 252 g/mol. The maximum absolute atomic E-state index is 2.31. The van der Waals surface area contributed by atoms with Crippen LogP contribution >= 0.6 is 0 Å². The van der Waals surface area contributed by atoms with E-state index in [9.17, 15) is 0 Å². The first-order valence-electron chi connectivity index (χ1n) is 6.96. The van der Waals surface area contributed by atoms with E-state index in [4.69, 9.17) is 0 Å². The summed E-state index contributed by atoms with van der Waals surface area (Å²) in [4.78, 5) is 0. The van der Waals surface area contributed by atoms with E-state index in [1.165, 1.54) is 43.4 Å². The average molecular weight is 252 g/mol. The van der Waals surface area contributed by atoms with Gasteiger partial charge in [-0.05, 0) is 55.6 Å².